The Kier molecular flexibility index (Phi) is 11.7. The molecule has 2 unspecified atom stereocenters. The molecule has 3 aliphatic heterocycles. The molecule has 3 aliphatic carbocycles. The van der Waals surface area contributed by atoms with Crippen LogP contribution >= 0.6 is 0 Å². The summed E-state index contributed by atoms with van der Waals surface area (Å²) in [6.45, 7) is 29.0. The molecule has 4 heteroatoms. The van der Waals surface area contributed by atoms with E-state index < -0.39 is 0 Å². The van der Waals surface area contributed by atoms with Crippen molar-refractivity contribution in [1.29, 1.82) is 0 Å². The highest BCUT2D eigenvalue weighted by atomic mass is 15.3. The fourth-order valence-electron chi connectivity index (χ4n) is 16.7. The van der Waals surface area contributed by atoms with Gasteiger partial charge >= 0.3 is 0 Å². The highest BCUT2D eigenvalue weighted by Gasteiger charge is 2.58. The van der Waals surface area contributed by atoms with Crippen molar-refractivity contribution in [3.8, 4) is 33.4 Å². The summed E-state index contributed by atoms with van der Waals surface area (Å²) in [7, 11) is 0. The Balaban J connectivity index is 1.05. The number of nitrogens with zero attached hydrogens (tertiary/aromatic N) is 3. The second kappa shape index (κ2) is 18.5. The minimum Gasteiger partial charge on any atom is -0.334 e. The lowest BCUT2D eigenvalue weighted by molar-refractivity contribution is 0.195. The molecule has 1 fully saturated rings. The smallest absolute Gasteiger partial charge is 0.252 e. The fourth-order valence-corrected chi connectivity index (χ4v) is 16.7. The summed E-state index contributed by atoms with van der Waals surface area (Å²) >= 11 is 0. The third-order valence-electron chi connectivity index (χ3n) is 21.2. The van der Waals surface area contributed by atoms with Gasteiger partial charge in [-0.05, 0) is 211 Å². The average Bonchev–Trinajstić information content (AvgIpc) is 1.22. The standard InChI is InChI=1S/C80H82BN3/c1-75(2,3)60-30-25-52(26-31-60)54-28-34-69-65(40-54)79(11)37-19-20-38-80(79,12)84(69)63-45-72-74-73(46-63)83(68-36-32-61(76(4,5)6)44-64(68)53-23-17-14-18-24-53)70-35-29-55(51-21-15-13-16-22-51)41-66(70)81(74)67-42-58-49-78(9,10)50-59(58)43-71(67)82(72)62-33-27-56-47-77(7,8)48-57(56)39-62/h13-18,21-36,39-46H,19-20,37-38,47-50H2,1-12H3. The minimum atomic E-state index is -0.197. The Morgan fingerprint density at radius 2 is 0.917 bits per heavy atom. The quantitative estimate of drug-likeness (QED) is 0.154. The molecule has 0 aromatic heterocycles. The van der Waals surface area contributed by atoms with Gasteiger partial charge in [0, 0.05) is 50.8 Å². The summed E-state index contributed by atoms with van der Waals surface area (Å²) < 4.78 is 0. The van der Waals surface area contributed by atoms with Gasteiger partial charge in [0.15, 0.2) is 0 Å². The Hall–Kier alpha value is -7.56. The van der Waals surface area contributed by atoms with E-state index in [9.17, 15) is 0 Å². The Morgan fingerprint density at radius 3 is 1.60 bits per heavy atom. The van der Waals surface area contributed by atoms with Crippen LogP contribution in [0.2, 0.25) is 0 Å². The molecule has 84 heavy (non-hydrogen) atoms. The van der Waals surface area contributed by atoms with E-state index >= 15 is 0 Å². The largest absolute Gasteiger partial charge is 0.334 e. The monoisotopic (exact) mass is 1100 g/mol. The van der Waals surface area contributed by atoms with Crippen LogP contribution in [0.5, 0.6) is 0 Å². The zero-order valence-corrected chi connectivity index (χ0v) is 51.9. The van der Waals surface area contributed by atoms with Gasteiger partial charge in [-0.15, -0.1) is 0 Å². The van der Waals surface area contributed by atoms with Gasteiger partial charge in [0.25, 0.3) is 6.71 Å². The van der Waals surface area contributed by atoms with E-state index in [1.165, 1.54) is 147 Å². The molecule has 9 aromatic carbocycles. The minimum absolute atomic E-state index is 0.0322. The van der Waals surface area contributed by atoms with Crippen LogP contribution in [0, 0.1) is 10.8 Å². The maximum Gasteiger partial charge on any atom is 0.252 e. The molecule has 1 saturated carbocycles. The zero-order valence-electron chi connectivity index (χ0n) is 51.9. The molecular formula is C80H82BN3. The van der Waals surface area contributed by atoms with Crippen LogP contribution in [0.25, 0.3) is 33.4 Å². The Labute approximate surface area is 501 Å². The predicted molar refractivity (Wildman–Crippen MR) is 359 cm³/mol. The first-order valence-corrected chi connectivity index (χ1v) is 31.6. The first kappa shape index (κ1) is 53.2. The molecule has 3 heterocycles. The van der Waals surface area contributed by atoms with Gasteiger partial charge in [0.05, 0.1) is 11.2 Å². The lowest BCUT2D eigenvalue weighted by Gasteiger charge is -2.51. The van der Waals surface area contributed by atoms with E-state index in [0.717, 1.165) is 38.5 Å². The van der Waals surface area contributed by atoms with Gasteiger partial charge in [-0.2, -0.15) is 0 Å². The molecule has 2 atom stereocenters. The summed E-state index contributed by atoms with van der Waals surface area (Å²) in [6.07, 6.45) is 9.03. The third-order valence-corrected chi connectivity index (χ3v) is 21.2. The van der Waals surface area contributed by atoms with Crippen molar-refractivity contribution in [2.24, 2.45) is 10.8 Å². The first-order chi connectivity index (χ1) is 40.1. The summed E-state index contributed by atoms with van der Waals surface area (Å²) in [6, 6.07) is 72.3. The van der Waals surface area contributed by atoms with Crippen molar-refractivity contribution < 1.29 is 0 Å². The van der Waals surface area contributed by atoms with Crippen molar-refractivity contribution in [3.05, 3.63) is 221 Å². The van der Waals surface area contributed by atoms with E-state index in [4.69, 9.17) is 0 Å². The van der Waals surface area contributed by atoms with Gasteiger partial charge in [0.2, 0.25) is 0 Å². The van der Waals surface area contributed by atoms with Crippen LogP contribution in [0.1, 0.15) is 148 Å². The molecule has 0 saturated heterocycles. The number of benzene rings is 9. The summed E-state index contributed by atoms with van der Waals surface area (Å²) in [5.41, 5.74) is 32.2. The van der Waals surface area contributed by atoms with Gasteiger partial charge in [0.1, 0.15) is 0 Å². The summed E-state index contributed by atoms with van der Waals surface area (Å²) in [4.78, 5) is 8.32. The highest BCUT2D eigenvalue weighted by molar-refractivity contribution is 7.00. The molecule has 0 radical (unpaired) electrons. The summed E-state index contributed by atoms with van der Waals surface area (Å²) in [5.74, 6) is 0. The number of hydrogen-bond acceptors (Lipinski definition) is 3. The van der Waals surface area contributed by atoms with Crippen LogP contribution < -0.4 is 31.1 Å². The van der Waals surface area contributed by atoms with E-state index in [2.05, 4.69) is 280 Å². The zero-order chi connectivity index (χ0) is 58.0. The molecule has 0 spiro atoms. The van der Waals surface area contributed by atoms with Gasteiger partial charge in [-0.25, -0.2) is 0 Å². The number of hydrogen-bond donors (Lipinski definition) is 0. The van der Waals surface area contributed by atoms with Crippen LogP contribution in [0.15, 0.2) is 182 Å². The SMILES string of the molecule is CC1(C)Cc2ccc(N3c4cc5c(cc4B4c6cc(-c7ccccc7)ccc6N(c6ccc(C(C)(C)C)cc6-c6ccccc6)c6cc(N7c8ccc(-c9ccc(C(C)(C)C)cc9)cc8C8(C)CCCCC78C)cc3c64)CC(C)(C)C5)cc2C1. The van der Waals surface area contributed by atoms with Crippen LogP contribution in [0.3, 0.4) is 0 Å². The van der Waals surface area contributed by atoms with Crippen LogP contribution in [-0.2, 0) is 41.9 Å². The lowest BCUT2D eigenvalue weighted by Crippen LogP contribution is -2.61. The second-order valence-corrected chi connectivity index (χ2v) is 30.4. The Morgan fingerprint density at radius 1 is 0.381 bits per heavy atom. The first-order valence-electron chi connectivity index (χ1n) is 31.6. The van der Waals surface area contributed by atoms with Crippen LogP contribution in [0.4, 0.5) is 45.5 Å². The summed E-state index contributed by atoms with van der Waals surface area (Å²) in [5, 5.41) is 0. The molecule has 0 N–H and O–H groups in total. The molecule has 6 aliphatic rings. The maximum atomic E-state index is 2.86. The lowest BCUT2D eigenvalue weighted by atomic mass is 9.33. The molecule has 3 nitrogen and oxygen atoms in total. The molecule has 15 rings (SSSR count). The normalized spacial score (nSPS) is 20.4. The molecule has 420 valence electrons. The molecule has 0 bridgehead atoms. The predicted octanol–water partition coefficient (Wildman–Crippen LogP) is 19.4. The van der Waals surface area contributed by atoms with Crippen molar-refractivity contribution in [2.75, 3.05) is 14.7 Å². The fraction of sp³-hybridized carbons (Fsp3) is 0.325. The third kappa shape index (κ3) is 8.26. The van der Waals surface area contributed by atoms with Gasteiger partial charge < -0.3 is 14.7 Å². The average molecular weight is 1100 g/mol. The molecule has 0 amide bonds. The maximum absolute atomic E-state index is 2.86. The van der Waals surface area contributed by atoms with Crippen molar-refractivity contribution >= 4 is 68.6 Å². The topological polar surface area (TPSA) is 9.72 Å². The van der Waals surface area contributed by atoms with E-state index in [0.29, 0.717) is 0 Å². The van der Waals surface area contributed by atoms with Gasteiger partial charge in [-0.3, -0.25) is 0 Å². The Bertz CT molecular complexity index is 4150. The van der Waals surface area contributed by atoms with Crippen LogP contribution in [-0.4, -0.2) is 12.3 Å². The van der Waals surface area contributed by atoms with Gasteiger partial charge in [-0.1, -0.05) is 210 Å². The van der Waals surface area contributed by atoms with E-state index in [1.54, 1.807) is 0 Å². The van der Waals surface area contributed by atoms with Crippen molar-refractivity contribution in [2.45, 2.75) is 156 Å². The molecule has 9 aromatic rings. The number of anilines is 8. The van der Waals surface area contributed by atoms with Crippen molar-refractivity contribution in [1.82, 2.24) is 0 Å². The van der Waals surface area contributed by atoms with E-state index in [1.807, 2.05) is 0 Å². The second-order valence-electron chi connectivity index (χ2n) is 30.4. The highest BCUT2D eigenvalue weighted by Crippen LogP contribution is 2.63. The van der Waals surface area contributed by atoms with Crippen molar-refractivity contribution in [3.63, 3.8) is 0 Å². The van der Waals surface area contributed by atoms with E-state index in [-0.39, 0.29) is 39.3 Å². The number of rotatable bonds is 6. The molecular weight excluding hydrogens is 1010 g/mol. The number of fused-ring (bicyclic) bond motifs is 9.